The van der Waals surface area contributed by atoms with Crippen molar-refractivity contribution in [2.24, 2.45) is 0 Å². The van der Waals surface area contributed by atoms with Gasteiger partial charge < -0.3 is 16.0 Å². The minimum absolute atomic E-state index is 0.0190. The highest BCUT2D eigenvalue weighted by Gasteiger charge is 2.35. The van der Waals surface area contributed by atoms with Gasteiger partial charge in [-0.05, 0) is 59.1 Å². The molecule has 12 heteroatoms. The molecule has 1 atom stereocenters. The fourth-order valence-corrected chi connectivity index (χ4v) is 4.09. The average Bonchev–Trinajstić information content (AvgIpc) is 2.57. The van der Waals surface area contributed by atoms with Crippen LogP contribution in [0.3, 0.4) is 0 Å². The number of rotatable bonds is 4. The van der Waals surface area contributed by atoms with Crippen LogP contribution in [0.5, 0.6) is 0 Å². The number of thiocarbonyl (C=S) groups is 1. The van der Waals surface area contributed by atoms with Gasteiger partial charge in [0.15, 0.2) is 5.11 Å². The van der Waals surface area contributed by atoms with E-state index in [0.717, 1.165) is 3.57 Å². The van der Waals surface area contributed by atoms with Crippen LogP contribution < -0.4 is 16.0 Å². The summed E-state index contributed by atoms with van der Waals surface area (Å²) in [6.07, 6.45) is -1.15. The first-order chi connectivity index (χ1) is 13.0. The van der Waals surface area contributed by atoms with Crippen LogP contribution in [0.2, 0.25) is 15.1 Å². The summed E-state index contributed by atoms with van der Waals surface area (Å²) in [5, 5.41) is 9.01. The van der Waals surface area contributed by atoms with Gasteiger partial charge >= 0.3 is 0 Å². The predicted molar refractivity (Wildman–Crippen MR) is 132 cm³/mol. The summed E-state index contributed by atoms with van der Waals surface area (Å²) < 4.78 is -1.17. The van der Waals surface area contributed by atoms with Crippen molar-refractivity contribution in [2.75, 3.05) is 5.32 Å². The topological polar surface area (TPSA) is 53.2 Å². The Balaban J connectivity index is 2.16. The number of benzene rings is 2. The van der Waals surface area contributed by atoms with E-state index in [0.29, 0.717) is 16.3 Å². The molecule has 0 aliphatic rings. The second kappa shape index (κ2) is 10.4. The highest BCUT2D eigenvalue weighted by molar-refractivity contribution is 14.1. The second-order valence-corrected chi connectivity index (χ2v) is 10.5. The van der Waals surface area contributed by atoms with Crippen molar-refractivity contribution in [1.29, 1.82) is 0 Å². The van der Waals surface area contributed by atoms with Crippen molar-refractivity contribution in [1.82, 2.24) is 10.6 Å². The molecule has 2 aromatic rings. The largest absolute Gasteiger partial charge is 0.339 e. The normalized spacial score (nSPS) is 12.2. The second-order valence-electron chi connectivity index (χ2n) is 5.27. The lowest BCUT2D eigenvalue weighted by Crippen LogP contribution is -2.56. The van der Waals surface area contributed by atoms with Gasteiger partial charge in [0.2, 0.25) is 3.79 Å². The first-order valence-electron chi connectivity index (χ1n) is 7.33. The van der Waals surface area contributed by atoms with Crippen LogP contribution in [0.15, 0.2) is 36.4 Å². The van der Waals surface area contributed by atoms with Crippen LogP contribution in [0.25, 0.3) is 0 Å². The molecule has 4 nitrogen and oxygen atoms in total. The number of hydrogen-bond acceptors (Lipinski definition) is 2. The van der Waals surface area contributed by atoms with Crippen molar-refractivity contribution in [3.8, 4) is 0 Å². The lowest BCUT2D eigenvalue weighted by molar-refractivity contribution is 0.0933. The van der Waals surface area contributed by atoms with Gasteiger partial charge in [0, 0.05) is 8.59 Å². The average molecular weight is 632 g/mol. The number of hydrogen-bond donors (Lipinski definition) is 3. The standard InChI is InChI=1S/C16H10Cl6IN3OS/c17-7-5-9(18)12(10(19)6-7)24-15(28)26-14(16(20,21)22)25-13(27)8-3-1-2-4-11(8)23/h1-6,14H,(H,25,27)(H2,24,26,28). The molecule has 2 aromatic carbocycles. The highest BCUT2D eigenvalue weighted by atomic mass is 127. The molecule has 0 aliphatic carbocycles. The van der Waals surface area contributed by atoms with E-state index in [9.17, 15) is 4.79 Å². The zero-order valence-corrected chi connectivity index (χ0v) is 21.0. The first-order valence-corrected chi connectivity index (χ1v) is 11.1. The Morgan fingerprint density at radius 2 is 1.61 bits per heavy atom. The van der Waals surface area contributed by atoms with E-state index in [1.54, 1.807) is 18.2 Å². The van der Waals surface area contributed by atoms with Crippen molar-refractivity contribution in [3.63, 3.8) is 0 Å². The van der Waals surface area contributed by atoms with Gasteiger partial charge in [-0.2, -0.15) is 0 Å². The molecular weight excluding hydrogens is 622 g/mol. The molecule has 28 heavy (non-hydrogen) atoms. The van der Waals surface area contributed by atoms with Gasteiger partial charge in [-0.15, -0.1) is 0 Å². The Morgan fingerprint density at radius 3 is 2.14 bits per heavy atom. The van der Waals surface area contributed by atoms with Gasteiger partial charge in [-0.1, -0.05) is 81.7 Å². The summed E-state index contributed by atoms with van der Waals surface area (Å²) in [6.45, 7) is 0. The fourth-order valence-electron chi connectivity index (χ4n) is 2.00. The van der Waals surface area contributed by atoms with Gasteiger partial charge in [-0.3, -0.25) is 4.79 Å². The number of anilines is 1. The zero-order chi connectivity index (χ0) is 21.1. The molecule has 0 spiro atoms. The van der Waals surface area contributed by atoms with E-state index < -0.39 is 15.9 Å². The van der Waals surface area contributed by atoms with Gasteiger partial charge in [0.1, 0.15) is 6.17 Å². The minimum Gasteiger partial charge on any atom is -0.339 e. The maximum absolute atomic E-state index is 12.6. The maximum Gasteiger partial charge on any atom is 0.254 e. The van der Waals surface area contributed by atoms with E-state index in [1.165, 1.54) is 12.1 Å². The van der Waals surface area contributed by atoms with Crippen molar-refractivity contribution in [3.05, 3.63) is 60.6 Å². The lowest BCUT2D eigenvalue weighted by atomic mass is 10.2. The van der Waals surface area contributed by atoms with Gasteiger partial charge in [0.25, 0.3) is 5.91 Å². The van der Waals surface area contributed by atoms with Crippen LogP contribution in [-0.4, -0.2) is 21.0 Å². The SMILES string of the molecule is O=C(NC(NC(=S)Nc1c(Cl)cc(Cl)cc1Cl)C(Cl)(Cl)Cl)c1ccccc1I. The van der Waals surface area contributed by atoms with Crippen LogP contribution in [0.1, 0.15) is 10.4 Å². The third-order valence-electron chi connectivity index (χ3n) is 3.24. The van der Waals surface area contributed by atoms with E-state index in [-0.39, 0.29) is 15.2 Å². The molecule has 1 unspecified atom stereocenters. The number of carbonyl (C=O) groups is 1. The summed E-state index contributed by atoms with van der Waals surface area (Å²) in [5.74, 6) is -0.445. The van der Waals surface area contributed by atoms with Crippen LogP contribution in [0, 0.1) is 3.57 Å². The third kappa shape index (κ3) is 6.80. The van der Waals surface area contributed by atoms with E-state index in [1.807, 2.05) is 28.7 Å². The van der Waals surface area contributed by atoms with Crippen molar-refractivity contribution < 1.29 is 4.79 Å². The maximum atomic E-state index is 12.6. The summed E-state index contributed by atoms with van der Waals surface area (Å²) in [6, 6.07) is 9.95. The first kappa shape index (κ1) is 24.3. The molecule has 150 valence electrons. The van der Waals surface area contributed by atoms with E-state index >= 15 is 0 Å². The molecule has 3 N–H and O–H groups in total. The summed E-state index contributed by atoms with van der Waals surface area (Å²) in [7, 11) is 0. The Morgan fingerprint density at radius 1 is 1.04 bits per heavy atom. The zero-order valence-electron chi connectivity index (χ0n) is 13.5. The van der Waals surface area contributed by atoms with Crippen LogP contribution in [0.4, 0.5) is 5.69 Å². The highest BCUT2D eigenvalue weighted by Crippen LogP contribution is 2.34. The molecule has 0 aromatic heterocycles. The summed E-state index contributed by atoms with van der Waals surface area (Å²) >= 11 is 43.4. The number of nitrogens with one attached hydrogen (secondary N) is 3. The van der Waals surface area contributed by atoms with E-state index in [2.05, 4.69) is 16.0 Å². The molecular formula is C16H10Cl6IN3OS. The number of carbonyl (C=O) groups excluding carboxylic acids is 1. The molecule has 0 saturated carbocycles. The smallest absolute Gasteiger partial charge is 0.254 e. The van der Waals surface area contributed by atoms with Gasteiger partial charge in [0.05, 0.1) is 21.3 Å². The summed E-state index contributed by atoms with van der Waals surface area (Å²) in [4.78, 5) is 12.6. The van der Waals surface area contributed by atoms with Crippen LogP contribution in [-0.2, 0) is 0 Å². The molecule has 0 radical (unpaired) electrons. The Kier molecular flexibility index (Phi) is 9.04. The van der Waals surface area contributed by atoms with E-state index in [4.69, 9.17) is 81.8 Å². The Hall–Kier alpha value is 0.0700. The lowest BCUT2D eigenvalue weighted by Gasteiger charge is -2.28. The number of amides is 1. The number of halogens is 7. The number of alkyl halides is 3. The molecule has 0 saturated heterocycles. The molecule has 0 bridgehead atoms. The molecule has 0 heterocycles. The quantitative estimate of drug-likeness (QED) is 0.153. The van der Waals surface area contributed by atoms with Crippen LogP contribution >= 0.6 is 104 Å². The summed E-state index contributed by atoms with van der Waals surface area (Å²) in [5.41, 5.74) is 0.740. The minimum atomic E-state index is -1.91. The Bertz CT molecular complexity index is 885. The van der Waals surface area contributed by atoms with Crippen molar-refractivity contribution in [2.45, 2.75) is 9.96 Å². The molecule has 0 fully saturated rings. The molecule has 0 aliphatic heterocycles. The predicted octanol–water partition coefficient (Wildman–Crippen LogP) is 6.66. The monoisotopic (exact) mass is 629 g/mol. The Labute approximate surface area is 210 Å². The fraction of sp³-hybridized carbons (Fsp3) is 0.125. The molecule has 2 rings (SSSR count). The third-order valence-corrected chi connectivity index (χ3v) is 5.87. The molecule has 1 amide bonds. The van der Waals surface area contributed by atoms with Crippen molar-refractivity contribution >= 4 is 121 Å². The van der Waals surface area contributed by atoms with Gasteiger partial charge in [-0.25, -0.2) is 0 Å².